The molecule has 0 amide bonds. The van der Waals surface area contributed by atoms with Crippen molar-refractivity contribution in [1.29, 1.82) is 0 Å². The second kappa shape index (κ2) is 5.32. The van der Waals surface area contributed by atoms with Crippen LogP contribution in [0.3, 0.4) is 0 Å². The second-order valence-electron chi connectivity index (χ2n) is 7.11. The van der Waals surface area contributed by atoms with E-state index in [-0.39, 0.29) is 0 Å². The summed E-state index contributed by atoms with van der Waals surface area (Å²) < 4.78 is 5.94. The number of hydrogen-bond donors (Lipinski definition) is 1. The number of morpholine rings is 1. The zero-order valence-electron chi connectivity index (χ0n) is 12.7. The monoisotopic (exact) mass is 267 g/mol. The Labute approximate surface area is 117 Å². The van der Waals surface area contributed by atoms with E-state index in [1.54, 1.807) is 0 Å². The largest absolute Gasteiger partial charge is 0.374 e. The maximum absolute atomic E-state index is 5.94. The average Bonchev–Trinajstić information content (AvgIpc) is 3.19. The van der Waals surface area contributed by atoms with Crippen molar-refractivity contribution in [3.05, 3.63) is 0 Å². The van der Waals surface area contributed by atoms with E-state index in [0.29, 0.717) is 17.7 Å². The van der Waals surface area contributed by atoms with Crippen LogP contribution in [-0.4, -0.2) is 73.9 Å². The zero-order chi connectivity index (χ0) is 13.5. The Morgan fingerprint density at radius 1 is 1.37 bits per heavy atom. The van der Waals surface area contributed by atoms with Crippen LogP contribution in [0.5, 0.6) is 0 Å². The van der Waals surface area contributed by atoms with Gasteiger partial charge in [0.05, 0.1) is 12.7 Å². The van der Waals surface area contributed by atoms with Crippen molar-refractivity contribution in [3.8, 4) is 0 Å². The van der Waals surface area contributed by atoms with E-state index >= 15 is 0 Å². The fourth-order valence-corrected chi connectivity index (χ4v) is 3.62. The molecule has 3 fully saturated rings. The van der Waals surface area contributed by atoms with Gasteiger partial charge in [-0.05, 0) is 39.7 Å². The summed E-state index contributed by atoms with van der Waals surface area (Å²) in [7, 11) is 2.20. The summed E-state index contributed by atoms with van der Waals surface area (Å²) in [6.45, 7) is 11.2. The molecule has 0 radical (unpaired) electrons. The molecule has 1 saturated carbocycles. The number of piperazine rings is 1. The molecule has 3 aliphatic rings. The van der Waals surface area contributed by atoms with Crippen LogP contribution < -0.4 is 5.32 Å². The van der Waals surface area contributed by atoms with Crippen molar-refractivity contribution in [2.45, 2.75) is 44.4 Å². The van der Waals surface area contributed by atoms with Crippen LogP contribution in [0.4, 0.5) is 0 Å². The van der Waals surface area contributed by atoms with Gasteiger partial charge in [-0.25, -0.2) is 0 Å². The fourth-order valence-electron chi connectivity index (χ4n) is 3.62. The fraction of sp³-hybridized carbons (Fsp3) is 1.00. The number of likely N-dealkylation sites (N-methyl/N-ethyl adjacent to an activating group) is 1. The van der Waals surface area contributed by atoms with Crippen LogP contribution >= 0.6 is 0 Å². The normalized spacial score (nSPS) is 42.5. The summed E-state index contributed by atoms with van der Waals surface area (Å²) in [4.78, 5) is 5.04. The van der Waals surface area contributed by atoms with Gasteiger partial charge >= 0.3 is 0 Å². The molecule has 3 atom stereocenters. The standard InChI is InChI=1S/C15H29N3O/c1-12-8-16-15(2,13-4-5-13)11-18(12)10-14-9-17(3)6-7-19-14/h12-14,16H,4-11H2,1-3H3. The van der Waals surface area contributed by atoms with Crippen LogP contribution in [0, 0.1) is 5.92 Å². The number of rotatable bonds is 3. The Balaban J connectivity index is 1.58. The summed E-state index contributed by atoms with van der Waals surface area (Å²) in [6, 6.07) is 0.627. The molecule has 110 valence electrons. The molecule has 1 N–H and O–H groups in total. The SMILES string of the molecule is CC1CNC(C)(C2CC2)CN1CC1CN(C)CCO1. The molecular formula is C15H29N3O. The Morgan fingerprint density at radius 2 is 2.16 bits per heavy atom. The molecule has 4 nitrogen and oxygen atoms in total. The van der Waals surface area contributed by atoms with Crippen LogP contribution in [0.15, 0.2) is 0 Å². The minimum Gasteiger partial charge on any atom is -0.374 e. The average molecular weight is 267 g/mol. The summed E-state index contributed by atoms with van der Waals surface area (Å²) in [5.74, 6) is 0.900. The molecule has 0 aromatic heterocycles. The van der Waals surface area contributed by atoms with E-state index in [1.807, 2.05) is 0 Å². The lowest BCUT2D eigenvalue weighted by atomic mass is 9.91. The van der Waals surface area contributed by atoms with Gasteiger partial charge in [0.15, 0.2) is 0 Å². The second-order valence-corrected chi connectivity index (χ2v) is 7.11. The van der Waals surface area contributed by atoms with Crippen LogP contribution in [0.1, 0.15) is 26.7 Å². The molecule has 0 aromatic rings. The molecule has 2 saturated heterocycles. The third kappa shape index (κ3) is 3.13. The Hall–Kier alpha value is -0.160. The Morgan fingerprint density at radius 3 is 2.84 bits per heavy atom. The number of hydrogen-bond acceptors (Lipinski definition) is 4. The van der Waals surface area contributed by atoms with Gasteiger partial charge in [-0.3, -0.25) is 4.90 Å². The molecule has 19 heavy (non-hydrogen) atoms. The first-order valence-electron chi connectivity index (χ1n) is 7.86. The smallest absolute Gasteiger partial charge is 0.0829 e. The zero-order valence-corrected chi connectivity index (χ0v) is 12.7. The molecule has 2 heterocycles. The van der Waals surface area contributed by atoms with Crippen LogP contribution in [-0.2, 0) is 4.74 Å². The topological polar surface area (TPSA) is 27.7 Å². The van der Waals surface area contributed by atoms with E-state index < -0.39 is 0 Å². The summed E-state index contributed by atoms with van der Waals surface area (Å²) in [5, 5.41) is 3.79. The van der Waals surface area contributed by atoms with E-state index in [2.05, 4.69) is 36.0 Å². The molecule has 2 aliphatic heterocycles. The lowest BCUT2D eigenvalue weighted by Crippen LogP contribution is -2.64. The van der Waals surface area contributed by atoms with Gasteiger partial charge in [0.25, 0.3) is 0 Å². The van der Waals surface area contributed by atoms with E-state index in [1.165, 1.54) is 19.4 Å². The third-order valence-electron chi connectivity index (χ3n) is 5.21. The van der Waals surface area contributed by atoms with E-state index in [9.17, 15) is 0 Å². The maximum atomic E-state index is 5.94. The first-order valence-corrected chi connectivity index (χ1v) is 7.86. The van der Waals surface area contributed by atoms with Gasteiger partial charge < -0.3 is 15.0 Å². The van der Waals surface area contributed by atoms with Crippen molar-refractivity contribution in [1.82, 2.24) is 15.1 Å². The Bertz CT molecular complexity index is 321. The van der Waals surface area contributed by atoms with Crippen molar-refractivity contribution in [2.24, 2.45) is 5.92 Å². The highest BCUT2D eigenvalue weighted by molar-refractivity contribution is 5.03. The summed E-state index contributed by atoms with van der Waals surface area (Å²) >= 11 is 0. The van der Waals surface area contributed by atoms with Crippen molar-refractivity contribution in [3.63, 3.8) is 0 Å². The van der Waals surface area contributed by atoms with Gasteiger partial charge in [0.2, 0.25) is 0 Å². The van der Waals surface area contributed by atoms with Gasteiger partial charge in [-0.15, -0.1) is 0 Å². The van der Waals surface area contributed by atoms with Gasteiger partial charge in [-0.2, -0.15) is 0 Å². The maximum Gasteiger partial charge on any atom is 0.0829 e. The summed E-state index contributed by atoms with van der Waals surface area (Å²) in [6.07, 6.45) is 3.21. The highest BCUT2D eigenvalue weighted by Gasteiger charge is 2.45. The van der Waals surface area contributed by atoms with Gasteiger partial charge in [0.1, 0.15) is 0 Å². The first-order chi connectivity index (χ1) is 9.07. The molecular weight excluding hydrogens is 238 g/mol. The molecule has 1 aliphatic carbocycles. The van der Waals surface area contributed by atoms with Gasteiger partial charge in [0, 0.05) is 44.3 Å². The minimum atomic E-state index is 0.340. The van der Waals surface area contributed by atoms with Crippen LogP contribution in [0.2, 0.25) is 0 Å². The quantitative estimate of drug-likeness (QED) is 0.818. The first kappa shape index (κ1) is 13.8. The highest BCUT2D eigenvalue weighted by Crippen LogP contribution is 2.41. The summed E-state index contributed by atoms with van der Waals surface area (Å²) in [5.41, 5.74) is 0.340. The lowest BCUT2D eigenvalue weighted by Gasteiger charge is -2.47. The minimum absolute atomic E-state index is 0.340. The third-order valence-corrected chi connectivity index (χ3v) is 5.21. The van der Waals surface area contributed by atoms with Crippen molar-refractivity contribution < 1.29 is 4.74 Å². The molecule has 4 heteroatoms. The highest BCUT2D eigenvalue weighted by atomic mass is 16.5. The number of nitrogens with one attached hydrogen (secondary N) is 1. The van der Waals surface area contributed by atoms with Crippen LogP contribution in [0.25, 0.3) is 0 Å². The lowest BCUT2D eigenvalue weighted by molar-refractivity contribution is -0.0507. The molecule has 0 spiro atoms. The van der Waals surface area contributed by atoms with Gasteiger partial charge in [-0.1, -0.05) is 0 Å². The number of ether oxygens (including phenoxy) is 1. The van der Waals surface area contributed by atoms with E-state index in [4.69, 9.17) is 4.74 Å². The predicted octanol–water partition coefficient (Wildman–Crippen LogP) is 0.779. The van der Waals surface area contributed by atoms with Crippen molar-refractivity contribution >= 4 is 0 Å². The number of nitrogens with zero attached hydrogens (tertiary/aromatic N) is 2. The molecule has 3 rings (SSSR count). The molecule has 3 unspecified atom stereocenters. The van der Waals surface area contributed by atoms with E-state index in [0.717, 1.165) is 38.7 Å². The van der Waals surface area contributed by atoms with Crippen molar-refractivity contribution in [2.75, 3.05) is 46.4 Å². The Kier molecular flexibility index (Phi) is 3.87. The molecule has 0 bridgehead atoms. The molecule has 0 aromatic carbocycles. The predicted molar refractivity (Wildman–Crippen MR) is 77.4 cm³/mol.